The zero-order chi connectivity index (χ0) is 20.3. The maximum atomic E-state index is 12.6. The van der Waals surface area contributed by atoms with Crippen molar-refractivity contribution in [2.45, 2.75) is 12.7 Å². The summed E-state index contributed by atoms with van der Waals surface area (Å²) in [7, 11) is 0. The fourth-order valence-electron chi connectivity index (χ4n) is 2.42. The van der Waals surface area contributed by atoms with Gasteiger partial charge in [-0.15, -0.1) is 0 Å². The van der Waals surface area contributed by atoms with Crippen LogP contribution in [0.1, 0.15) is 5.56 Å². The molecule has 1 N–H and O–H groups in total. The Balaban J connectivity index is 1.72. The zero-order valence-corrected chi connectivity index (χ0v) is 15.8. The smallest absolute Gasteiger partial charge is 0.325 e. The summed E-state index contributed by atoms with van der Waals surface area (Å²) in [6, 6.07) is 12.5. The Kier molecular flexibility index (Phi) is 5.64. The van der Waals surface area contributed by atoms with Gasteiger partial charge >= 0.3 is 6.18 Å². The minimum absolute atomic E-state index is 0.225. The monoisotopic (exact) mass is 451 g/mol. The molecule has 9 heteroatoms. The number of aromatic nitrogens is 2. The van der Waals surface area contributed by atoms with E-state index in [1.54, 1.807) is 24.3 Å². The quantitative estimate of drug-likeness (QED) is 0.641. The number of amides is 1. The van der Waals surface area contributed by atoms with E-state index in [-0.39, 0.29) is 12.2 Å². The summed E-state index contributed by atoms with van der Waals surface area (Å²) in [6.45, 7) is -0.241. The summed E-state index contributed by atoms with van der Waals surface area (Å²) in [4.78, 5) is 28.4. The van der Waals surface area contributed by atoms with Crippen molar-refractivity contribution in [1.29, 1.82) is 0 Å². The number of carbonyl (C=O) groups excluding carboxylic acids is 1. The van der Waals surface area contributed by atoms with Crippen LogP contribution < -0.4 is 10.9 Å². The van der Waals surface area contributed by atoms with E-state index in [0.29, 0.717) is 11.3 Å². The third-order valence-electron chi connectivity index (χ3n) is 3.83. The molecule has 3 rings (SSSR count). The number of alkyl halides is 3. The molecule has 0 bridgehead atoms. The Morgan fingerprint density at radius 1 is 1.07 bits per heavy atom. The van der Waals surface area contributed by atoms with Crippen molar-refractivity contribution >= 4 is 27.5 Å². The van der Waals surface area contributed by atoms with Gasteiger partial charge in [-0.3, -0.25) is 14.2 Å². The fourth-order valence-corrected chi connectivity index (χ4v) is 2.69. The van der Waals surface area contributed by atoms with Crippen LogP contribution in [0.3, 0.4) is 0 Å². The normalized spacial score (nSPS) is 11.3. The van der Waals surface area contributed by atoms with E-state index >= 15 is 0 Å². The van der Waals surface area contributed by atoms with Crippen molar-refractivity contribution in [1.82, 2.24) is 9.55 Å². The van der Waals surface area contributed by atoms with Crippen molar-refractivity contribution in [3.63, 3.8) is 0 Å². The molecule has 0 radical (unpaired) electrons. The van der Waals surface area contributed by atoms with E-state index in [2.05, 4.69) is 26.2 Å². The average Bonchev–Trinajstić information content (AvgIpc) is 2.65. The molecule has 28 heavy (non-hydrogen) atoms. The predicted octanol–water partition coefficient (Wildman–Crippen LogP) is 4.33. The third-order valence-corrected chi connectivity index (χ3v) is 4.36. The Labute approximate surface area is 166 Å². The second-order valence-corrected chi connectivity index (χ2v) is 6.79. The summed E-state index contributed by atoms with van der Waals surface area (Å²) in [5, 5.41) is 2.66. The van der Waals surface area contributed by atoms with Gasteiger partial charge in [-0.1, -0.05) is 28.1 Å². The lowest BCUT2D eigenvalue weighted by molar-refractivity contribution is -0.137. The molecule has 1 heterocycles. The molecule has 0 spiro atoms. The molecule has 1 amide bonds. The minimum Gasteiger partial charge on any atom is -0.325 e. The standard InChI is InChI=1S/C19H13BrF3N3O2/c20-14-5-7-15(8-6-14)25-17(27)10-26-11-24-16(9-18(26)28)12-1-3-13(4-2-12)19(21,22)23/h1-9,11H,10H2,(H,25,27). The van der Waals surface area contributed by atoms with Gasteiger partial charge in [-0.25, -0.2) is 4.98 Å². The van der Waals surface area contributed by atoms with Gasteiger partial charge in [0.25, 0.3) is 5.56 Å². The van der Waals surface area contributed by atoms with Gasteiger partial charge in [0.05, 0.1) is 17.6 Å². The number of rotatable bonds is 4. The van der Waals surface area contributed by atoms with Crippen LogP contribution >= 0.6 is 15.9 Å². The number of benzene rings is 2. The summed E-state index contributed by atoms with van der Waals surface area (Å²) >= 11 is 3.29. The molecule has 0 aliphatic rings. The Morgan fingerprint density at radius 2 is 1.71 bits per heavy atom. The molecule has 144 valence electrons. The molecular formula is C19H13BrF3N3O2. The van der Waals surface area contributed by atoms with E-state index in [1.165, 1.54) is 24.5 Å². The predicted molar refractivity (Wildman–Crippen MR) is 102 cm³/mol. The molecule has 0 saturated heterocycles. The molecule has 0 unspecified atom stereocenters. The van der Waals surface area contributed by atoms with Crippen LogP contribution in [0.25, 0.3) is 11.3 Å². The number of anilines is 1. The van der Waals surface area contributed by atoms with Crippen molar-refractivity contribution < 1.29 is 18.0 Å². The summed E-state index contributed by atoms with van der Waals surface area (Å²) in [5.41, 5.74) is -0.0968. The first-order valence-corrected chi connectivity index (χ1v) is 8.81. The van der Waals surface area contributed by atoms with Crippen molar-refractivity contribution in [3.8, 4) is 11.3 Å². The van der Waals surface area contributed by atoms with Crippen LogP contribution in [0.4, 0.5) is 18.9 Å². The minimum atomic E-state index is -4.43. The third kappa shape index (κ3) is 4.86. The molecule has 0 aliphatic heterocycles. The molecular weight excluding hydrogens is 439 g/mol. The maximum Gasteiger partial charge on any atom is 0.416 e. The number of hydrogen-bond donors (Lipinski definition) is 1. The van der Waals surface area contributed by atoms with Gasteiger partial charge in [0.2, 0.25) is 5.91 Å². The number of hydrogen-bond acceptors (Lipinski definition) is 3. The summed E-state index contributed by atoms with van der Waals surface area (Å²) < 4.78 is 39.9. The number of nitrogens with zero attached hydrogens (tertiary/aromatic N) is 2. The van der Waals surface area contributed by atoms with Gasteiger partial charge in [0.1, 0.15) is 6.54 Å². The highest BCUT2D eigenvalue weighted by atomic mass is 79.9. The molecule has 1 aromatic heterocycles. The van der Waals surface area contributed by atoms with E-state index in [4.69, 9.17) is 0 Å². The largest absolute Gasteiger partial charge is 0.416 e. The fraction of sp³-hybridized carbons (Fsp3) is 0.105. The maximum absolute atomic E-state index is 12.6. The van der Waals surface area contributed by atoms with Gasteiger partial charge in [0, 0.05) is 21.8 Å². The van der Waals surface area contributed by atoms with Gasteiger partial charge in [-0.2, -0.15) is 13.2 Å². The molecule has 5 nitrogen and oxygen atoms in total. The molecule has 0 aliphatic carbocycles. The van der Waals surface area contributed by atoms with E-state index in [9.17, 15) is 22.8 Å². The van der Waals surface area contributed by atoms with Gasteiger partial charge < -0.3 is 5.32 Å². The highest BCUT2D eigenvalue weighted by Crippen LogP contribution is 2.30. The van der Waals surface area contributed by atoms with Crippen LogP contribution in [0.5, 0.6) is 0 Å². The number of halogens is 4. The van der Waals surface area contributed by atoms with Gasteiger partial charge in [0.15, 0.2) is 0 Å². The summed E-state index contributed by atoms with van der Waals surface area (Å²) in [5.74, 6) is -0.409. The van der Waals surface area contributed by atoms with Crippen LogP contribution in [0.15, 0.2) is 70.2 Å². The van der Waals surface area contributed by atoms with Crippen LogP contribution in [0, 0.1) is 0 Å². The number of carbonyl (C=O) groups is 1. The van der Waals surface area contributed by atoms with E-state index in [0.717, 1.165) is 21.2 Å². The van der Waals surface area contributed by atoms with Crippen LogP contribution in [-0.2, 0) is 17.5 Å². The first-order valence-electron chi connectivity index (χ1n) is 8.02. The van der Waals surface area contributed by atoms with E-state index in [1.807, 2.05) is 0 Å². The first-order chi connectivity index (χ1) is 13.2. The van der Waals surface area contributed by atoms with Gasteiger partial charge in [-0.05, 0) is 36.4 Å². The van der Waals surface area contributed by atoms with Crippen LogP contribution in [0.2, 0.25) is 0 Å². The van der Waals surface area contributed by atoms with Crippen molar-refractivity contribution in [2.75, 3.05) is 5.32 Å². The van der Waals surface area contributed by atoms with Crippen molar-refractivity contribution in [2.24, 2.45) is 0 Å². The second kappa shape index (κ2) is 7.97. The average molecular weight is 452 g/mol. The second-order valence-electron chi connectivity index (χ2n) is 5.87. The SMILES string of the molecule is O=C(Cn1cnc(-c2ccc(C(F)(F)F)cc2)cc1=O)Nc1ccc(Br)cc1. The lowest BCUT2D eigenvalue weighted by Crippen LogP contribution is -2.27. The van der Waals surface area contributed by atoms with Crippen molar-refractivity contribution in [3.05, 3.63) is 81.3 Å². The Bertz CT molecular complexity index is 1050. The highest BCUT2D eigenvalue weighted by molar-refractivity contribution is 9.10. The van der Waals surface area contributed by atoms with E-state index < -0.39 is 23.2 Å². The summed E-state index contributed by atoms with van der Waals surface area (Å²) in [6.07, 6.45) is -3.24. The molecule has 3 aromatic rings. The lowest BCUT2D eigenvalue weighted by Gasteiger charge is -2.09. The number of nitrogens with one attached hydrogen (secondary N) is 1. The zero-order valence-electron chi connectivity index (χ0n) is 14.2. The molecule has 0 saturated carbocycles. The lowest BCUT2D eigenvalue weighted by atomic mass is 10.1. The molecule has 0 atom stereocenters. The Hall–Kier alpha value is -2.94. The van der Waals surface area contributed by atoms with Crippen LogP contribution in [-0.4, -0.2) is 15.5 Å². The Morgan fingerprint density at radius 3 is 2.29 bits per heavy atom. The molecule has 2 aromatic carbocycles. The first kappa shape index (κ1) is 19.8. The highest BCUT2D eigenvalue weighted by Gasteiger charge is 2.30. The topological polar surface area (TPSA) is 64.0 Å². The molecule has 0 fully saturated rings.